The third-order valence-corrected chi connectivity index (χ3v) is 5.82. The number of anilines is 3. The van der Waals surface area contributed by atoms with Crippen LogP contribution in [0.1, 0.15) is 19.3 Å². The van der Waals surface area contributed by atoms with Gasteiger partial charge in [0, 0.05) is 35.4 Å². The van der Waals surface area contributed by atoms with Crippen LogP contribution < -0.4 is 15.0 Å². The van der Waals surface area contributed by atoms with E-state index in [1.165, 1.54) is 24.9 Å². The molecule has 0 atom stereocenters. The highest BCUT2D eigenvalue weighted by Crippen LogP contribution is 2.32. The maximum Gasteiger partial charge on any atom is 0.187 e. The predicted octanol–water partition coefficient (Wildman–Crippen LogP) is 6.21. The Kier molecular flexibility index (Phi) is 5.50. The Morgan fingerprint density at radius 2 is 1.96 bits per heavy atom. The van der Waals surface area contributed by atoms with Crippen LogP contribution in [0.4, 0.5) is 16.5 Å². The Morgan fingerprint density at radius 3 is 2.74 bits per heavy atom. The molecule has 2 heterocycles. The molecule has 0 amide bonds. The summed E-state index contributed by atoms with van der Waals surface area (Å²) in [6.45, 7) is 2.29. The number of aromatic nitrogens is 1. The van der Waals surface area contributed by atoms with Gasteiger partial charge in [0.05, 0.1) is 17.8 Å². The Hall–Kier alpha value is -2.24. The van der Waals surface area contributed by atoms with Gasteiger partial charge in [-0.25, -0.2) is 4.98 Å². The molecule has 1 aliphatic rings. The lowest BCUT2D eigenvalue weighted by Gasteiger charge is -2.29. The minimum absolute atomic E-state index is 0.577. The van der Waals surface area contributed by atoms with Crippen LogP contribution >= 0.6 is 22.9 Å². The Balaban J connectivity index is 1.51. The fourth-order valence-electron chi connectivity index (χ4n) is 3.35. The number of nitrogens with zero attached hydrogens (tertiary/aromatic N) is 2. The summed E-state index contributed by atoms with van der Waals surface area (Å²) in [5.74, 6) is 0.663. The van der Waals surface area contributed by atoms with Gasteiger partial charge in [0.15, 0.2) is 5.13 Å². The number of thiazole rings is 1. The normalized spacial score (nSPS) is 14.2. The number of hydrogen-bond acceptors (Lipinski definition) is 5. The summed E-state index contributed by atoms with van der Waals surface area (Å²) in [5, 5.41) is 6.83. The minimum Gasteiger partial charge on any atom is -0.495 e. The van der Waals surface area contributed by atoms with Crippen LogP contribution in [0.15, 0.2) is 47.8 Å². The van der Waals surface area contributed by atoms with E-state index < -0.39 is 0 Å². The van der Waals surface area contributed by atoms with Crippen LogP contribution in [0.2, 0.25) is 5.02 Å². The summed E-state index contributed by atoms with van der Waals surface area (Å²) in [7, 11) is 1.61. The molecule has 1 N–H and O–H groups in total. The van der Waals surface area contributed by atoms with Crippen molar-refractivity contribution in [2.24, 2.45) is 0 Å². The summed E-state index contributed by atoms with van der Waals surface area (Å²) in [6.07, 6.45) is 3.89. The Morgan fingerprint density at radius 1 is 1.11 bits per heavy atom. The maximum absolute atomic E-state index is 6.20. The van der Waals surface area contributed by atoms with Crippen molar-refractivity contribution in [1.82, 2.24) is 4.98 Å². The fraction of sp³-hybridized carbons (Fsp3) is 0.286. The summed E-state index contributed by atoms with van der Waals surface area (Å²) in [4.78, 5) is 7.22. The van der Waals surface area contributed by atoms with Crippen molar-refractivity contribution in [2.75, 3.05) is 30.4 Å². The van der Waals surface area contributed by atoms with E-state index >= 15 is 0 Å². The lowest BCUT2D eigenvalue weighted by molar-refractivity contribution is 0.415. The van der Waals surface area contributed by atoms with Gasteiger partial charge < -0.3 is 15.0 Å². The summed E-state index contributed by atoms with van der Waals surface area (Å²) in [5.41, 5.74) is 4.32. The maximum atomic E-state index is 6.20. The van der Waals surface area contributed by atoms with Gasteiger partial charge in [-0.05, 0) is 49.6 Å². The van der Waals surface area contributed by atoms with Gasteiger partial charge in [-0.15, -0.1) is 11.3 Å². The molecule has 4 nitrogen and oxygen atoms in total. The first-order chi connectivity index (χ1) is 13.2. The molecule has 1 saturated heterocycles. The lowest BCUT2D eigenvalue weighted by atomic mass is 10.1. The third kappa shape index (κ3) is 4.20. The van der Waals surface area contributed by atoms with Crippen LogP contribution in [-0.2, 0) is 0 Å². The third-order valence-electron chi connectivity index (χ3n) is 4.77. The summed E-state index contributed by atoms with van der Waals surface area (Å²) >= 11 is 7.79. The molecule has 0 saturated carbocycles. The molecule has 0 aliphatic carbocycles. The molecule has 1 aromatic heterocycles. The number of methoxy groups -OCH3 is 1. The SMILES string of the molecule is COc1ccc(Nc2nc(-c3cccc(N4CCCCC4)c3)cs2)cc1Cl. The zero-order chi connectivity index (χ0) is 18.6. The molecular formula is C21H22ClN3OS. The predicted molar refractivity (Wildman–Crippen MR) is 115 cm³/mol. The van der Waals surface area contributed by atoms with Crippen LogP contribution in [0, 0.1) is 0 Å². The molecule has 140 valence electrons. The standard InChI is InChI=1S/C21H22ClN3OS/c1-26-20-9-8-16(13-18(20)22)23-21-24-19(14-27-21)15-6-5-7-17(12-15)25-10-3-2-4-11-25/h5-9,12-14H,2-4,10-11H2,1H3,(H,23,24). The molecule has 1 fully saturated rings. The quantitative estimate of drug-likeness (QED) is 0.553. The second-order valence-corrected chi connectivity index (χ2v) is 7.88. The van der Waals surface area contributed by atoms with Crippen LogP contribution in [0.25, 0.3) is 11.3 Å². The highest BCUT2D eigenvalue weighted by molar-refractivity contribution is 7.14. The molecule has 4 rings (SSSR count). The van der Waals surface area contributed by atoms with Crippen molar-refractivity contribution >= 4 is 39.4 Å². The smallest absolute Gasteiger partial charge is 0.187 e. The number of piperidine rings is 1. The first-order valence-electron chi connectivity index (χ1n) is 9.14. The number of halogens is 1. The van der Waals surface area contributed by atoms with Gasteiger partial charge >= 0.3 is 0 Å². The highest BCUT2D eigenvalue weighted by Gasteiger charge is 2.13. The van der Waals surface area contributed by atoms with Crippen molar-refractivity contribution < 1.29 is 4.74 Å². The Labute approximate surface area is 168 Å². The number of nitrogens with one attached hydrogen (secondary N) is 1. The second kappa shape index (κ2) is 8.19. The molecule has 0 unspecified atom stereocenters. The first-order valence-corrected chi connectivity index (χ1v) is 10.4. The number of rotatable bonds is 5. The van der Waals surface area contributed by atoms with E-state index in [-0.39, 0.29) is 0 Å². The first kappa shape index (κ1) is 18.1. The van der Waals surface area contributed by atoms with Crippen molar-refractivity contribution in [3.8, 4) is 17.0 Å². The van der Waals surface area contributed by atoms with Crippen LogP contribution in [0.3, 0.4) is 0 Å². The summed E-state index contributed by atoms with van der Waals surface area (Å²) in [6, 6.07) is 14.3. The van der Waals surface area contributed by atoms with Gasteiger partial charge in [-0.2, -0.15) is 0 Å². The monoisotopic (exact) mass is 399 g/mol. The van der Waals surface area contributed by atoms with Crippen molar-refractivity contribution in [2.45, 2.75) is 19.3 Å². The average Bonchev–Trinajstić information content (AvgIpc) is 3.17. The lowest BCUT2D eigenvalue weighted by Crippen LogP contribution is -2.29. The molecule has 1 aliphatic heterocycles. The molecule has 27 heavy (non-hydrogen) atoms. The van der Waals surface area contributed by atoms with E-state index in [0.29, 0.717) is 10.8 Å². The zero-order valence-electron chi connectivity index (χ0n) is 15.2. The minimum atomic E-state index is 0.577. The molecule has 0 spiro atoms. The van der Waals surface area contributed by atoms with Crippen molar-refractivity contribution in [1.29, 1.82) is 0 Å². The Bertz CT molecular complexity index is 921. The average molecular weight is 400 g/mol. The molecule has 2 aromatic carbocycles. The zero-order valence-corrected chi connectivity index (χ0v) is 16.8. The number of ether oxygens (including phenoxy) is 1. The van der Waals surface area contributed by atoms with Crippen molar-refractivity contribution in [3.05, 3.63) is 52.9 Å². The second-order valence-electron chi connectivity index (χ2n) is 6.61. The van der Waals surface area contributed by atoms with Gasteiger partial charge in [0.1, 0.15) is 5.75 Å². The molecular weight excluding hydrogens is 378 g/mol. The summed E-state index contributed by atoms with van der Waals surface area (Å²) < 4.78 is 5.20. The van der Waals surface area contributed by atoms with Gasteiger partial charge in [0.2, 0.25) is 0 Å². The molecule has 0 bridgehead atoms. The van der Waals surface area contributed by atoms with E-state index in [4.69, 9.17) is 21.3 Å². The van der Waals surface area contributed by atoms with Crippen LogP contribution in [0.5, 0.6) is 5.75 Å². The van der Waals surface area contributed by atoms with E-state index in [0.717, 1.165) is 35.2 Å². The molecule has 6 heteroatoms. The fourth-order valence-corrected chi connectivity index (χ4v) is 4.34. The highest BCUT2D eigenvalue weighted by atomic mass is 35.5. The number of hydrogen-bond donors (Lipinski definition) is 1. The molecule has 3 aromatic rings. The number of benzene rings is 2. The van der Waals surface area contributed by atoms with Crippen molar-refractivity contribution in [3.63, 3.8) is 0 Å². The van der Waals surface area contributed by atoms with Gasteiger partial charge in [-0.1, -0.05) is 23.7 Å². The van der Waals surface area contributed by atoms with Gasteiger partial charge in [-0.3, -0.25) is 0 Å². The van der Waals surface area contributed by atoms with E-state index in [1.54, 1.807) is 18.4 Å². The van der Waals surface area contributed by atoms with Gasteiger partial charge in [0.25, 0.3) is 0 Å². The van der Waals surface area contributed by atoms with E-state index in [9.17, 15) is 0 Å². The topological polar surface area (TPSA) is 37.4 Å². The van der Waals surface area contributed by atoms with E-state index in [2.05, 4.69) is 39.9 Å². The largest absolute Gasteiger partial charge is 0.495 e. The van der Waals surface area contributed by atoms with E-state index in [1.807, 2.05) is 18.2 Å². The molecule has 0 radical (unpaired) electrons. The van der Waals surface area contributed by atoms with Crippen LogP contribution in [-0.4, -0.2) is 25.2 Å².